The van der Waals surface area contributed by atoms with Gasteiger partial charge >= 0.3 is 0 Å². The van der Waals surface area contributed by atoms with Crippen molar-refractivity contribution in [2.24, 2.45) is 5.92 Å². The van der Waals surface area contributed by atoms with Gasteiger partial charge < -0.3 is 9.64 Å². The Kier molecular flexibility index (Phi) is 4.73. The first-order valence-corrected chi connectivity index (χ1v) is 8.46. The van der Waals surface area contributed by atoms with Gasteiger partial charge in [-0.15, -0.1) is 11.3 Å². The van der Waals surface area contributed by atoms with Crippen LogP contribution in [-0.2, 0) is 6.42 Å². The van der Waals surface area contributed by atoms with Crippen LogP contribution in [0.25, 0.3) is 0 Å². The van der Waals surface area contributed by atoms with E-state index in [-0.39, 0.29) is 5.91 Å². The highest BCUT2D eigenvalue weighted by Crippen LogP contribution is 2.24. The van der Waals surface area contributed by atoms with E-state index in [1.165, 1.54) is 11.4 Å². The fraction of sp³-hybridized carbons (Fsp3) is 0.412. The number of ether oxygens (including phenoxy) is 1. The van der Waals surface area contributed by atoms with Gasteiger partial charge in [-0.3, -0.25) is 4.79 Å². The lowest BCUT2D eigenvalue weighted by Crippen LogP contribution is -2.40. The standard InChI is InChI=1S/C17H20N2O2S/c1-21-15-6-2-5-14(11-15)17(20)19-8-3-4-13(12-19)10-16-18-7-9-22-16/h2,5-7,9,11,13H,3-4,8,10,12H2,1H3/t13-/m0/s1. The highest BCUT2D eigenvalue weighted by atomic mass is 32.1. The Morgan fingerprint density at radius 3 is 3.18 bits per heavy atom. The number of hydrogen-bond donors (Lipinski definition) is 0. The van der Waals surface area contributed by atoms with E-state index in [2.05, 4.69) is 4.98 Å². The molecule has 4 nitrogen and oxygen atoms in total. The molecule has 0 unspecified atom stereocenters. The van der Waals surface area contributed by atoms with E-state index in [0.717, 1.165) is 31.7 Å². The van der Waals surface area contributed by atoms with Crippen LogP contribution in [0.1, 0.15) is 28.2 Å². The molecule has 22 heavy (non-hydrogen) atoms. The van der Waals surface area contributed by atoms with Gasteiger partial charge in [-0.25, -0.2) is 4.98 Å². The number of thiazole rings is 1. The quantitative estimate of drug-likeness (QED) is 0.869. The normalized spacial score (nSPS) is 18.2. The van der Waals surface area contributed by atoms with Gasteiger partial charge in [-0.2, -0.15) is 0 Å². The first kappa shape index (κ1) is 15.0. The minimum Gasteiger partial charge on any atom is -0.497 e. The maximum absolute atomic E-state index is 12.7. The second-order valence-electron chi connectivity index (χ2n) is 5.62. The van der Waals surface area contributed by atoms with Crippen molar-refractivity contribution in [3.8, 4) is 5.75 Å². The number of hydrogen-bond acceptors (Lipinski definition) is 4. The molecule has 0 radical (unpaired) electrons. The number of methoxy groups -OCH3 is 1. The Morgan fingerprint density at radius 1 is 1.50 bits per heavy atom. The lowest BCUT2D eigenvalue weighted by Gasteiger charge is -2.32. The predicted octanol–water partition coefficient (Wildman–Crippen LogP) is 3.25. The minimum absolute atomic E-state index is 0.0998. The Morgan fingerprint density at radius 2 is 2.41 bits per heavy atom. The number of aromatic nitrogens is 1. The lowest BCUT2D eigenvalue weighted by atomic mass is 9.94. The zero-order valence-corrected chi connectivity index (χ0v) is 13.5. The van der Waals surface area contributed by atoms with Crippen molar-refractivity contribution in [2.75, 3.05) is 20.2 Å². The molecule has 1 saturated heterocycles. The van der Waals surface area contributed by atoms with Crippen molar-refractivity contribution in [3.05, 3.63) is 46.4 Å². The molecule has 3 rings (SSSR count). The van der Waals surface area contributed by atoms with Crippen LogP contribution >= 0.6 is 11.3 Å². The summed E-state index contributed by atoms with van der Waals surface area (Å²) in [6.45, 7) is 1.65. The van der Waals surface area contributed by atoms with Crippen LogP contribution in [0.15, 0.2) is 35.8 Å². The summed E-state index contributed by atoms with van der Waals surface area (Å²) in [6, 6.07) is 7.39. The van der Waals surface area contributed by atoms with Gasteiger partial charge in [0.2, 0.25) is 0 Å². The number of benzene rings is 1. The summed E-state index contributed by atoms with van der Waals surface area (Å²) in [5.41, 5.74) is 0.703. The molecule has 2 aromatic rings. The van der Waals surface area contributed by atoms with Crippen LogP contribution in [0.2, 0.25) is 0 Å². The van der Waals surface area contributed by atoms with E-state index < -0.39 is 0 Å². The average Bonchev–Trinajstić information content (AvgIpc) is 3.07. The molecule has 1 atom stereocenters. The van der Waals surface area contributed by atoms with Crippen LogP contribution < -0.4 is 4.74 Å². The van der Waals surface area contributed by atoms with Crippen LogP contribution in [0, 0.1) is 5.92 Å². The van der Waals surface area contributed by atoms with E-state index in [9.17, 15) is 4.79 Å². The minimum atomic E-state index is 0.0998. The largest absolute Gasteiger partial charge is 0.497 e. The lowest BCUT2D eigenvalue weighted by molar-refractivity contribution is 0.0673. The van der Waals surface area contributed by atoms with Crippen LogP contribution in [0.5, 0.6) is 5.75 Å². The third-order valence-electron chi connectivity index (χ3n) is 4.07. The molecule has 1 aliphatic rings. The molecule has 1 aliphatic heterocycles. The molecule has 0 bridgehead atoms. The SMILES string of the molecule is COc1cccc(C(=O)N2CCC[C@@H](Cc3nccs3)C2)c1. The summed E-state index contributed by atoms with van der Waals surface area (Å²) in [5, 5.41) is 3.18. The predicted molar refractivity (Wildman–Crippen MR) is 87.4 cm³/mol. The maximum atomic E-state index is 12.7. The molecule has 0 aliphatic carbocycles. The fourth-order valence-electron chi connectivity index (χ4n) is 2.96. The first-order chi connectivity index (χ1) is 10.8. The highest BCUT2D eigenvalue weighted by molar-refractivity contribution is 7.09. The topological polar surface area (TPSA) is 42.4 Å². The first-order valence-electron chi connectivity index (χ1n) is 7.58. The molecule has 1 aromatic heterocycles. The summed E-state index contributed by atoms with van der Waals surface area (Å²) in [5.74, 6) is 1.33. The van der Waals surface area contributed by atoms with Gasteiger partial charge in [-0.05, 0) is 37.0 Å². The van der Waals surface area contributed by atoms with Crippen molar-refractivity contribution in [1.82, 2.24) is 9.88 Å². The maximum Gasteiger partial charge on any atom is 0.253 e. The summed E-state index contributed by atoms with van der Waals surface area (Å²) < 4.78 is 5.21. The van der Waals surface area contributed by atoms with E-state index >= 15 is 0 Å². The molecule has 0 spiro atoms. The number of nitrogens with zero attached hydrogens (tertiary/aromatic N) is 2. The molecule has 0 N–H and O–H groups in total. The third-order valence-corrected chi connectivity index (χ3v) is 4.87. The number of carbonyl (C=O) groups is 1. The molecule has 2 heterocycles. The average molecular weight is 316 g/mol. The fourth-order valence-corrected chi connectivity index (χ4v) is 3.69. The van der Waals surface area contributed by atoms with Gasteiger partial charge in [-0.1, -0.05) is 6.07 Å². The summed E-state index contributed by atoms with van der Waals surface area (Å²) in [7, 11) is 1.62. The molecular formula is C17H20N2O2S. The Hall–Kier alpha value is -1.88. The van der Waals surface area contributed by atoms with Gasteiger partial charge in [0.25, 0.3) is 5.91 Å². The van der Waals surface area contributed by atoms with Gasteiger partial charge in [0.15, 0.2) is 0 Å². The van der Waals surface area contributed by atoms with Crippen molar-refractivity contribution < 1.29 is 9.53 Å². The Balaban J connectivity index is 1.67. The van der Waals surface area contributed by atoms with Crippen molar-refractivity contribution >= 4 is 17.2 Å². The van der Waals surface area contributed by atoms with E-state index in [4.69, 9.17) is 4.74 Å². The van der Waals surface area contributed by atoms with Gasteiger partial charge in [0, 0.05) is 36.7 Å². The van der Waals surface area contributed by atoms with Gasteiger partial charge in [0.05, 0.1) is 12.1 Å². The number of likely N-dealkylation sites (tertiary alicyclic amines) is 1. The zero-order valence-electron chi connectivity index (χ0n) is 12.7. The molecule has 116 valence electrons. The highest BCUT2D eigenvalue weighted by Gasteiger charge is 2.25. The van der Waals surface area contributed by atoms with Crippen LogP contribution in [-0.4, -0.2) is 36.0 Å². The number of rotatable bonds is 4. The van der Waals surface area contributed by atoms with Crippen LogP contribution in [0.3, 0.4) is 0 Å². The zero-order chi connectivity index (χ0) is 15.4. The summed E-state index contributed by atoms with van der Waals surface area (Å²) in [4.78, 5) is 19.0. The van der Waals surface area contributed by atoms with Crippen molar-refractivity contribution in [3.63, 3.8) is 0 Å². The Labute approximate surface area is 134 Å². The Bertz CT molecular complexity index is 627. The van der Waals surface area contributed by atoms with Crippen LogP contribution in [0.4, 0.5) is 0 Å². The molecule has 1 amide bonds. The summed E-state index contributed by atoms with van der Waals surface area (Å²) in [6.07, 6.45) is 5.05. The van der Waals surface area contributed by atoms with E-state index in [1.807, 2.05) is 40.7 Å². The van der Waals surface area contributed by atoms with Crippen molar-refractivity contribution in [2.45, 2.75) is 19.3 Å². The molecule has 1 fully saturated rings. The number of piperidine rings is 1. The van der Waals surface area contributed by atoms with Crippen molar-refractivity contribution in [1.29, 1.82) is 0 Å². The van der Waals surface area contributed by atoms with E-state index in [1.54, 1.807) is 18.4 Å². The molecule has 5 heteroatoms. The van der Waals surface area contributed by atoms with Gasteiger partial charge in [0.1, 0.15) is 5.75 Å². The second-order valence-corrected chi connectivity index (χ2v) is 6.60. The smallest absolute Gasteiger partial charge is 0.253 e. The second kappa shape index (κ2) is 6.92. The molecule has 0 saturated carbocycles. The number of carbonyl (C=O) groups excluding carboxylic acids is 1. The summed E-state index contributed by atoms with van der Waals surface area (Å²) >= 11 is 1.70. The molecular weight excluding hydrogens is 296 g/mol. The number of amides is 1. The molecule has 1 aromatic carbocycles. The monoisotopic (exact) mass is 316 g/mol. The van der Waals surface area contributed by atoms with E-state index in [0.29, 0.717) is 11.5 Å². The third kappa shape index (κ3) is 3.47.